The average molecular weight is 281 g/mol. The van der Waals surface area contributed by atoms with Crippen LogP contribution < -0.4 is 5.32 Å². The lowest BCUT2D eigenvalue weighted by Gasteiger charge is -2.17. The topological polar surface area (TPSA) is 12.0 Å². The minimum absolute atomic E-state index is 0.482. The Hall–Kier alpha value is -1.64. The molecule has 0 bridgehead atoms. The van der Waals surface area contributed by atoms with Gasteiger partial charge < -0.3 is 5.32 Å². The van der Waals surface area contributed by atoms with Gasteiger partial charge in [0.05, 0.1) is 0 Å². The maximum atomic E-state index is 3.46. The Kier molecular flexibility index (Phi) is 4.14. The molecule has 0 spiro atoms. The monoisotopic (exact) mass is 281 g/mol. The Balaban J connectivity index is 1.84. The lowest BCUT2D eigenvalue weighted by molar-refractivity contribution is 0.559. The van der Waals surface area contributed by atoms with E-state index in [0.717, 1.165) is 12.8 Å². The van der Waals surface area contributed by atoms with Crippen LogP contribution in [0.5, 0.6) is 0 Å². The van der Waals surface area contributed by atoms with Crippen molar-refractivity contribution < 1.29 is 0 Å². The van der Waals surface area contributed by atoms with Crippen LogP contribution in [-0.4, -0.2) is 13.1 Å². The minimum atomic E-state index is 0.482. The van der Waals surface area contributed by atoms with E-state index in [4.69, 9.17) is 0 Å². The van der Waals surface area contributed by atoms with E-state index < -0.39 is 0 Å². The highest BCUT2D eigenvalue weighted by molar-refractivity contribution is 7.07. The zero-order valence-electron chi connectivity index (χ0n) is 11.7. The third-order valence-corrected chi connectivity index (χ3v) is 4.55. The molecule has 0 saturated carbocycles. The van der Waals surface area contributed by atoms with E-state index in [1.54, 1.807) is 11.3 Å². The average Bonchev–Trinajstić information content (AvgIpc) is 3.00. The SMILES string of the molecule is CNC(Cc1ccsc1)Cc1cccc2ccccc12. The van der Waals surface area contributed by atoms with E-state index in [1.807, 2.05) is 0 Å². The molecular formula is C18H19NS. The van der Waals surface area contributed by atoms with Crippen molar-refractivity contribution in [3.05, 3.63) is 70.4 Å². The van der Waals surface area contributed by atoms with Crippen molar-refractivity contribution in [2.45, 2.75) is 18.9 Å². The van der Waals surface area contributed by atoms with Gasteiger partial charge in [0.1, 0.15) is 0 Å². The summed E-state index contributed by atoms with van der Waals surface area (Å²) in [6.45, 7) is 0. The first-order chi connectivity index (χ1) is 9.86. The van der Waals surface area contributed by atoms with Gasteiger partial charge in [-0.15, -0.1) is 0 Å². The van der Waals surface area contributed by atoms with Gasteiger partial charge in [-0.3, -0.25) is 0 Å². The summed E-state index contributed by atoms with van der Waals surface area (Å²) in [6.07, 6.45) is 2.15. The zero-order chi connectivity index (χ0) is 13.8. The number of thiophene rings is 1. The van der Waals surface area contributed by atoms with Gasteiger partial charge in [0.25, 0.3) is 0 Å². The van der Waals surface area contributed by atoms with Gasteiger partial charge in [0.2, 0.25) is 0 Å². The van der Waals surface area contributed by atoms with E-state index in [2.05, 4.69) is 71.7 Å². The van der Waals surface area contributed by atoms with Gasteiger partial charge in [-0.05, 0) is 58.6 Å². The largest absolute Gasteiger partial charge is 0.316 e. The Morgan fingerprint density at radius 1 is 1.00 bits per heavy atom. The first kappa shape index (κ1) is 13.3. The molecule has 1 heterocycles. The molecule has 0 radical (unpaired) electrons. The van der Waals surface area contributed by atoms with E-state index in [1.165, 1.54) is 21.9 Å². The van der Waals surface area contributed by atoms with Gasteiger partial charge in [-0.1, -0.05) is 42.5 Å². The standard InChI is InChI=1S/C18H19NS/c1-19-17(11-14-9-10-20-13-14)12-16-7-4-6-15-5-2-3-8-18(15)16/h2-10,13,17,19H,11-12H2,1H3. The number of likely N-dealkylation sites (N-methyl/N-ethyl adjacent to an activating group) is 1. The van der Waals surface area contributed by atoms with Crippen LogP contribution in [0.4, 0.5) is 0 Å². The summed E-state index contributed by atoms with van der Waals surface area (Å²) in [4.78, 5) is 0. The number of hydrogen-bond acceptors (Lipinski definition) is 2. The molecule has 1 N–H and O–H groups in total. The highest BCUT2D eigenvalue weighted by Gasteiger charge is 2.10. The molecule has 2 aromatic carbocycles. The van der Waals surface area contributed by atoms with Crippen LogP contribution in [0.1, 0.15) is 11.1 Å². The number of benzene rings is 2. The third kappa shape index (κ3) is 2.92. The van der Waals surface area contributed by atoms with Crippen molar-refractivity contribution in [3.8, 4) is 0 Å². The fourth-order valence-electron chi connectivity index (χ4n) is 2.71. The van der Waals surface area contributed by atoms with E-state index >= 15 is 0 Å². The molecule has 1 unspecified atom stereocenters. The highest BCUT2D eigenvalue weighted by Crippen LogP contribution is 2.21. The molecule has 0 saturated heterocycles. The number of hydrogen-bond donors (Lipinski definition) is 1. The number of fused-ring (bicyclic) bond motifs is 1. The van der Waals surface area contributed by atoms with Crippen LogP contribution in [0.15, 0.2) is 59.3 Å². The van der Waals surface area contributed by atoms with Crippen LogP contribution in [0.25, 0.3) is 10.8 Å². The summed E-state index contributed by atoms with van der Waals surface area (Å²) >= 11 is 1.77. The van der Waals surface area contributed by atoms with Crippen LogP contribution in [0.2, 0.25) is 0 Å². The molecular weight excluding hydrogens is 262 g/mol. The molecule has 0 aliphatic heterocycles. The van der Waals surface area contributed by atoms with Crippen molar-refractivity contribution in [2.24, 2.45) is 0 Å². The predicted molar refractivity (Wildman–Crippen MR) is 88.5 cm³/mol. The summed E-state index contributed by atoms with van der Waals surface area (Å²) < 4.78 is 0. The fourth-order valence-corrected chi connectivity index (χ4v) is 3.39. The molecule has 1 atom stereocenters. The summed E-state index contributed by atoms with van der Waals surface area (Å²) in [5.74, 6) is 0. The number of nitrogens with one attached hydrogen (secondary N) is 1. The van der Waals surface area contributed by atoms with Crippen molar-refractivity contribution in [1.82, 2.24) is 5.32 Å². The van der Waals surface area contributed by atoms with Gasteiger partial charge in [-0.2, -0.15) is 11.3 Å². The van der Waals surface area contributed by atoms with Crippen LogP contribution >= 0.6 is 11.3 Å². The van der Waals surface area contributed by atoms with E-state index in [9.17, 15) is 0 Å². The molecule has 0 aliphatic carbocycles. The first-order valence-electron chi connectivity index (χ1n) is 7.02. The molecule has 0 amide bonds. The lowest BCUT2D eigenvalue weighted by Crippen LogP contribution is -2.29. The maximum Gasteiger partial charge on any atom is 0.0145 e. The summed E-state index contributed by atoms with van der Waals surface area (Å²) in [5.41, 5.74) is 2.85. The lowest BCUT2D eigenvalue weighted by atomic mass is 9.96. The van der Waals surface area contributed by atoms with Gasteiger partial charge in [0.15, 0.2) is 0 Å². The Morgan fingerprint density at radius 2 is 1.85 bits per heavy atom. The zero-order valence-corrected chi connectivity index (χ0v) is 12.5. The van der Waals surface area contributed by atoms with Crippen molar-refractivity contribution >= 4 is 22.1 Å². The molecule has 1 aromatic heterocycles. The Labute approximate surface area is 124 Å². The van der Waals surface area contributed by atoms with Crippen LogP contribution in [-0.2, 0) is 12.8 Å². The number of rotatable bonds is 5. The Morgan fingerprint density at radius 3 is 2.65 bits per heavy atom. The predicted octanol–water partition coefficient (Wildman–Crippen LogP) is 4.27. The van der Waals surface area contributed by atoms with Crippen LogP contribution in [0.3, 0.4) is 0 Å². The molecule has 0 fully saturated rings. The smallest absolute Gasteiger partial charge is 0.0145 e. The Bertz CT molecular complexity index is 667. The molecule has 0 aliphatic rings. The second-order valence-corrected chi connectivity index (χ2v) is 5.94. The van der Waals surface area contributed by atoms with Crippen molar-refractivity contribution in [3.63, 3.8) is 0 Å². The normalized spacial score (nSPS) is 12.7. The molecule has 3 aromatic rings. The third-order valence-electron chi connectivity index (χ3n) is 3.82. The van der Waals surface area contributed by atoms with Gasteiger partial charge in [0, 0.05) is 6.04 Å². The van der Waals surface area contributed by atoms with E-state index in [-0.39, 0.29) is 0 Å². The molecule has 1 nitrogen and oxygen atoms in total. The van der Waals surface area contributed by atoms with Crippen molar-refractivity contribution in [2.75, 3.05) is 7.05 Å². The highest BCUT2D eigenvalue weighted by atomic mass is 32.1. The molecule has 102 valence electrons. The fraction of sp³-hybridized carbons (Fsp3) is 0.222. The maximum absolute atomic E-state index is 3.46. The van der Waals surface area contributed by atoms with E-state index in [0.29, 0.717) is 6.04 Å². The summed E-state index contributed by atoms with van der Waals surface area (Å²) in [6, 6.07) is 17.9. The molecule has 3 rings (SSSR count). The first-order valence-corrected chi connectivity index (χ1v) is 7.96. The second-order valence-electron chi connectivity index (χ2n) is 5.16. The van der Waals surface area contributed by atoms with Gasteiger partial charge >= 0.3 is 0 Å². The summed E-state index contributed by atoms with van der Waals surface area (Å²) in [5, 5.41) is 10.6. The quantitative estimate of drug-likeness (QED) is 0.736. The molecule has 2 heteroatoms. The minimum Gasteiger partial charge on any atom is -0.316 e. The van der Waals surface area contributed by atoms with Crippen LogP contribution in [0, 0.1) is 0 Å². The van der Waals surface area contributed by atoms with Crippen molar-refractivity contribution in [1.29, 1.82) is 0 Å². The van der Waals surface area contributed by atoms with Gasteiger partial charge in [-0.25, -0.2) is 0 Å². The molecule has 20 heavy (non-hydrogen) atoms. The summed E-state index contributed by atoms with van der Waals surface area (Å²) in [7, 11) is 2.06. The second kappa shape index (κ2) is 6.21.